The molecule has 1 aromatic carbocycles. The first kappa shape index (κ1) is 16.3. The van der Waals surface area contributed by atoms with Crippen LogP contribution in [0.2, 0.25) is 0 Å². The Kier molecular flexibility index (Phi) is 4.82. The molecule has 0 radical (unpaired) electrons. The third kappa shape index (κ3) is 3.98. The lowest BCUT2D eigenvalue weighted by molar-refractivity contribution is -0.123. The zero-order chi connectivity index (χ0) is 17.0. The standard InChI is InChI=1S/C17H16N2O4/c1-10-7-15(11(2)22-10)17(21)23-12(3)16(20)19-14-6-4-5-13(8-14)9-18/h4-8,12H,1-3H3,(H,19,20)/t12-/m0/s1. The van der Waals surface area contributed by atoms with E-state index in [1.165, 1.54) is 13.0 Å². The number of nitrogens with one attached hydrogen (secondary N) is 1. The fourth-order valence-electron chi connectivity index (χ4n) is 2.02. The van der Waals surface area contributed by atoms with Crippen LogP contribution in [0.25, 0.3) is 0 Å². The van der Waals surface area contributed by atoms with Crippen molar-refractivity contribution in [1.29, 1.82) is 5.26 Å². The number of esters is 1. The molecule has 2 rings (SSSR count). The molecule has 1 amide bonds. The average Bonchev–Trinajstić information content (AvgIpc) is 2.86. The molecule has 0 saturated heterocycles. The van der Waals surface area contributed by atoms with Crippen LogP contribution in [0, 0.1) is 25.2 Å². The quantitative estimate of drug-likeness (QED) is 0.876. The maximum Gasteiger partial charge on any atom is 0.342 e. The van der Waals surface area contributed by atoms with E-state index >= 15 is 0 Å². The summed E-state index contributed by atoms with van der Waals surface area (Å²) >= 11 is 0. The largest absolute Gasteiger partial charge is 0.466 e. The lowest BCUT2D eigenvalue weighted by Crippen LogP contribution is -2.30. The van der Waals surface area contributed by atoms with Crippen molar-refractivity contribution in [3.8, 4) is 6.07 Å². The Hall–Kier alpha value is -3.07. The van der Waals surface area contributed by atoms with Gasteiger partial charge in [0, 0.05) is 5.69 Å². The van der Waals surface area contributed by atoms with E-state index in [9.17, 15) is 9.59 Å². The van der Waals surface area contributed by atoms with Crippen LogP contribution in [0.3, 0.4) is 0 Å². The molecule has 0 fully saturated rings. The molecule has 1 aromatic heterocycles. The number of anilines is 1. The molecular formula is C17H16N2O4. The van der Waals surface area contributed by atoms with Gasteiger partial charge in [0.15, 0.2) is 6.10 Å². The monoisotopic (exact) mass is 312 g/mol. The number of aryl methyl sites for hydroxylation is 2. The number of hydrogen-bond acceptors (Lipinski definition) is 5. The molecule has 0 saturated carbocycles. The van der Waals surface area contributed by atoms with Gasteiger partial charge in [-0.15, -0.1) is 0 Å². The summed E-state index contributed by atoms with van der Waals surface area (Å²) < 4.78 is 10.4. The summed E-state index contributed by atoms with van der Waals surface area (Å²) in [6.45, 7) is 4.85. The summed E-state index contributed by atoms with van der Waals surface area (Å²) in [6.07, 6.45) is -0.983. The van der Waals surface area contributed by atoms with Crippen LogP contribution >= 0.6 is 0 Å². The minimum Gasteiger partial charge on any atom is -0.466 e. The lowest BCUT2D eigenvalue weighted by Gasteiger charge is -2.13. The van der Waals surface area contributed by atoms with Crippen molar-refractivity contribution in [2.24, 2.45) is 0 Å². The third-order valence-corrected chi connectivity index (χ3v) is 3.17. The molecule has 1 atom stereocenters. The zero-order valence-corrected chi connectivity index (χ0v) is 13.0. The Morgan fingerprint density at radius 2 is 2.04 bits per heavy atom. The highest BCUT2D eigenvalue weighted by Gasteiger charge is 2.22. The topological polar surface area (TPSA) is 92.3 Å². The molecular weight excluding hydrogens is 296 g/mol. The summed E-state index contributed by atoms with van der Waals surface area (Å²) in [5.41, 5.74) is 1.19. The third-order valence-electron chi connectivity index (χ3n) is 3.17. The van der Waals surface area contributed by atoms with E-state index in [4.69, 9.17) is 14.4 Å². The highest BCUT2D eigenvalue weighted by atomic mass is 16.5. The number of nitriles is 1. The Bertz CT molecular complexity index is 786. The predicted octanol–water partition coefficient (Wildman–Crippen LogP) is 2.95. The van der Waals surface area contributed by atoms with Crippen LogP contribution in [-0.2, 0) is 9.53 Å². The van der Waals surface area contributed by atoms with E-state index in [0.717, 1.165) is 0 Å². The van der Waals surface area contributed by atoms with E-state index in [2.05, 4.69) is 5.32 Å². The number of nitrogens with zero attached hydrogens (tertiary/aromatic N) is 1. The van der Waals surface area contributed by atoms with Crippen molar-refractivity contribution in [3.05, 3.63) is 53.0 Å². The van der Waals surface area contributed by atoms with Crippen LogP contribution in [0.4, 0.5) is 5.69 Å². The Labute approximate surface area is 133 Å². The van der Waals surface area contributed by atoms with Crippen LogP contribution in [0.1, 0.15) is 34.4 Å². The molecule has 0 aliphatic heterocycles. The van der Waals surface area contributed by atoms with E-state index < -0.39 is 18.0 Å². The number of amides is 1. The molecule has 118 valence electrons. The second-order valence-electron chi connectivity index (χ2n) is 5.06. The molecule has 0 unspecified atom stereocenters. The van der Waals surface area contributed by atoms with Gasteiger partial charge in [0.1, 0.15) is 17.1 Å². The second kappa shape index (κ2) is 6.79. The minimum atomic E-state index is -0.983. The SMILES string of the molecule is Cc1cc(C(=O)O[C@@H](C)C(=O)Nc2cccc(C#N)c2)c(C)o1. The van der Waals surface area contributed by atoms with Gasteiger partial charge >= 0.3 is 5.97 Å². The number of carbonyl (C=O) groups excluding carboxylic acids is 2. The van der Waals surface area contributed by atoms with Crippen LogP contribution in [0.15, 0.2) is 34.7 Å². The Morgan fingerprint density at radius 1 is 1.30 bits per heavy atom. The highest BCUT2D eigenvalue weighted by Crippen LogP contribution is 2.16. The molecule has 23 heavy (non-hydrogen) atoms. The first-order valence-corrected chi connectivity index (χ1v) is 6.99. The van der Waals surface area contributed by atoms with Gasteiger partial charge in [0.2, 0.25) is 0 Å². The number of furan rings is 1. The van der Waals surface area contributed by atoms with Crippen LogP contribution < -0.4 is 5.32 Å². The van der Waals surface area contributed by atoms with Crippen molar-refractivity contribution in [1.82, 2.24) is 0 Å². The first-order chi connectivity index (χ1) is 10.9. The predicted molar refractivity (Wildman–Crippen MR) is 82.8 cm³/mol. The number of hydrogen-bond donors (Lipinski definition) is 1. The fraction of sp³-hybridized carbons (Fsp3) is 0.235. The van der Waals surface area contributed by atoms with Gasteiger partial charge in [-0.25, -0.2) is 4.79 Å². The Balaban J connectivity index is 2.01. The number of benzene rings is 1. The van der Waals surface area contributed by atoms with Crippen molar-refractivity contribution in [3.63, 3.8) is 0 Å². The minimum absolute atomic E-state index is 0.300. The first-order valence-electron chi connectivity index (χ1n) is 6.99. The smallest absolute Gasteiger partial charge is 0.342 e. The Morgan fingerprint density at radius 3 is 2.65 bits per heavy atom. The van der Waals surface area contributed by atoms with Gasteiger partial charge in [-0.1, -0.05) is 6.07 Å². The number of ether oxygens (including phenoxy) is 1. The molecule has 0 aliphatic rings. The summed E-state index contributed by atoms with van der Waals surface area (Å²) in [5.74, 6) is -0.0548. The van der Waals surface area contributed by atoms with E-state index in [-0.39, 0.29) is 0 Å². The van der Waals surface area contributed by atoms with Crippen LogP contribution in [0.5, 0.6) is 0 Å². The molecule has 1 N–H and O–H groups in total. The van der Waals surface area contributed by atoms with E-state index in [1.807, 2.05) is 6.07 Å². The van der Waals surface area contributed by atoms with Crippen LogP contribution in [-0.4, -0.2) is 18.0 Å². The molecule has 2 aromatic rings. The molecule has 0 bridgehead atoms. The molecule has 6 heteroatoms. The van der Waals surface area contributed by atoms with Gasteiger partial charge in [-0.2, -0.15) is 5.26 Å². The highest BCUT2D eigenvalue weighted by molar-refractivity contribution is 5.97. The molecule has 6 nitrogen and oxygen atoms in total. The van der Waals surface area contributed by atoms with Gasteiger partial charge in [-0.3, -0.25) is 4.79 Å². The zero-order valence-electron chi connectivity index (χ0n) is 13.0. The van der Waals surface area contributed by atoms with E-state index in [1.54, 1.807) is 38.1 Å². The van der Waals surface area contributed by atoms with Gasteiger partial charge < -0.3 is 14.5 Å². The van der Waals surface area contributed by atoms with Gasteiger partial charge in [-0.05, 0) is 45.0 Å². The second-order valence-corrected chi connectivity index (χ2v) is 5.06. The summed E-state index contributed by atoms with van der Waals surface area (Å²) in [4.78, 5) is 24.1. The summed E-state index contributed by atoms with van der Waals surface area (Å²) in [7, 11) is 0. The van der Waals surface area contributed by atoms with E-state index in [0.29, 0.717) is 28.3 Å². The average molecular weight is 312 g/mol. The summed E-state index contributed by atoms with van der Waals surface area (Å²) in [5, 5.41) is 11.4. The summed E-state index contributed by atoms with van der Waals surface area (Å²) in [6, 6.07) is 10.0. The normalized spacial score (nSPS) is 11.4. The van der Waals surface area contributed by atoms with Crippen molar-refractivity contribution < 1.29 is 18.7 Å². The molecule has 0 aliphatic carbocycles. The van der Waals surface area contributed by atoms with Gasteiger partial charge in [0.25, 0.3) is 5.91 Å². The van der Waals surface area contributed by atoms with Gasteiger partial charge in [0.05, 0.1) is 11.6 Å². The maximum absolute atomic E-state index is 12.1. The number of rotatable bonds is 4. The molecule has 0 spiro atoms. The number of carbonyl (C=O) groups is 2. The fourth-order valence-corrected chi connectivity index (χ4v) is 2.02. The molecule has 1 heterocycles. The lowest BCUT2D eigenvalue weighted by atomic mass is 10.2. The van der Waals surface area contributed by atoms with Crippen molar-refractivity contribution in [2.75, 3.05) is 5.32 Å². The maximum atomic E-state index is 12.1. The van der Waals surface area contributed by atoms with Crippen molar-refractivity contribution >= 4 is 17.6 Å². The van der Waals surface area contributed by atoms with Crippen molar-refractivity contribution in [2.45, 2.75) is 26.9 Å².